The molecule has 0 bridgehead atoms. The number of aromatic nitrogens is 1. The molecule has 1 aliphatic heterocycles. The van der Waals surface area contributed by atoms with Crippen molar-refractivity contribution in [3.8, 4) is 0 Å². The largest absolute Gasteiger partial charge is 0.322 e. The van der Waals surface area contributed by atoms with Crippen LogP contribution in [0.15, 0.2) is 65.7 Å². The van der Waals surface area contributed by atoms with Crippen LogP contribution in [0.2, 0.25) is 5.15 Å². The number of hydrogen-bond acceptors (Lipinski definition) is 4. The highest BCUT2D eigenvalue weighted by molar-refractivity contribution is 7.89. The molecule has 28 heavy (non-hydrogen) atoms. The number of sulfonamides is 1. The summed E-state index contributed by atoms with van der Waals surface area (Å²) in [7, 11) is -3.80. The third kappa shape index (κ3) is 3.48. The highest BCUT2D eigenvalue weighted by Gasteiger charge is 2.39. The lowest BCUT2D eigenvalue weighted by Crippen LogP contribution is -2.43. The number of rotatable bonds is 4. The second-order valence-electron chi connectivity index (χ2n) is 6.61. The fourth-order valence-corrected chi connectivity index (χ4v) is 5.31. The van der Waals surface area contributed by atoms with Gasteiger partial charge in [0.25, 0.3) is 0 Å². The van der Waals surface area contributed by atoms with Crippen LogP contribution in [0.1, 0.15) is 12.8 Å². The first-order chi connectivity index (χ1) is 13.5. The van der Waals surface area contributed by atoms with Gasteiger partial charge >= 0.3 is 0 Å². The summed E-state index contributed by atoms with van der Waals surface area (Å²) in [5.74, 6) is -0.406. The number of carbonyl (C=O) groups excluding carboxylic acids is 1. The van der Waals surface area contributed by atoms with Gasteiger partial charge in [-0.1, -0.05) is 41.9 Å². The smallest absolute Gasteiger partial charge is 0.243 e. The maximum Gasteiger partial charge on any atom is 0.243 e. The summed E-state index contributed by atoms with van der Waals surface area (Å²) in [6, 6.07) is 15.1. The first-order valence-electron chi connectivity index (χ1n) is 8.89. The number of anilines is 1. The van der Waals surface area contributed by atoms with E-state index in [1.807, 2.05) is 24.3 Å². The average Bonchev–Trinajstić information content (AvgIpc) is 3.20. The first-order valence-corrected chi connectivity index (χ1v) is 10.7. The van der Waals surface area contributed by atoms with E-state index in [9.17, 15) is 13.2 Å². The highest BCUT2D eigenvalue weighted by Crippen LogP contribution is 2.29. The van der Waals surface area contributed by atoms with Gasteiger partial charge in [-0.25, -0.2) is 13.4 Å². The number of fused-ring (bicyclic) bond motifs is 1. The number of hydrogen-bond donors (Lipinski definition) is 1. The molecule has 1 aliphatic rings. The van der Waals surface area contributed by atoms with Crippen molar-refractivity contribution in [2.75, 3.05) is 11.9 Å². The molecule has 1 atom stereocenters. The van der Waals surface area contributed by atoms with E-state index in [2.05, 4.69) is 10.3 Å². The van der Waals surface area contributed by atoms with Gasteiger partial charge in [-0.15, -0.1) is 0 Å². The molecule has 144 valence electrons. The van der Waals surface area contributed by atoms with E-state index in [0.717, 1.165) is 10.8 Å². The minimum Gasteiger partial charge on any atom is -0.322 e. The lowest BCUT2D eigenvalue weighted by Gasteiger charge is -2.23. The van der Waals surface area contributed by atoms with Crippen molar-refractivity contribution in [2.45, 2.75) is 23.8 Å². The van der Waals surface area contributed by atoms with E-state index < -0.39 is 22.0 Å². The van der Waals surface area contributed by atoms with E-state index in [1.165, 1.54) is 10.5 Å². The molecular weight excluding hydrogens is 398 g/mol. The van der Waals surface area contributed by atoms with Gasteiger partial charge in [0, 0.05) is 12.7 Å². The molecule has 1 N–H and O–H groups in total. The fourth-order valence-electron chi connectivity index (χ4n) is 3.45. The second-order valence-corrected chi connectivity index (χ2v) is 8.86. The third-order valence-corrected chi connectivity index (χ3v) is 7.06. The van der Waals surface area contributed by atoms with Crippen molar-refractivity contribution in [1.29, 1.82) is 0 Å². The average molecular weight is 416 g/mol. The van der Waals surface area contributed by atoms with E-state index in [4.69, 9.17) is 11.6 Å². The van der Waals surface area contributed by atoms with Gasteiger partial charge in [-0.2, -0.15) is 4.31 Å². The van der Waals surface area contributed by atoms with Crippen molar-refractivity contribution in [2.24, 2.45) is 0 Å². The van der Waals surface area contributed by atoms with Gasteiger partial charge in [-0.05, 0) is 47.9 Å². The number of benzene rings is 2. The molecule has 1 amide bonds. The molecule has 1 aromatic heterocycles. The zero-order valence-corrected chi connectivity index (χ0v) is 16.4. The SMILES string of the molecule is O=C(Nc1cccnc1Cl)[C@@H]1CCCN1S(=O)(=O)c1ccc2ccccc2c1. The van der Waals surface area contributed by atoms with Crippen LogP contribution in [0, 0.1) is 0 Å². The van der Waals surface area contributed by atoms with Gasteiger partial charge in [0.1, 0.15) is 6.04 Å². The molecule has 4 rings (SSSR count). The van der Waals surface area contributed by atoms with Gasteiger partial charge in [0.2, 0.25) is 15.9 Å². The van der Waals surface area contributed by atoms with Crippen molar-refractivity contribution < 1.29 is 13.2 Å². The standard InChI is InChI=1S/C20H18ClN3O3S/c21-19-17(7-3-11-22-19)23-20(25)18-8-4-12-24(18)28(26,27)16-10-9-14-5-1-2-6-15(14)13-16/h1-3,5-7,9-11,13,18H,4,8,12H2,(H,23,25)/t18-/m0/s1. The molecule has 3 aromatic rings. The monoisotopic (exact) mass is 415 g/mol. The Hall–Kier alpha value is -2.48. The summed E-state index contributed by atoms with van der Waals surface area (Å²) in [5, 5.41) is 4.66. The fraction of sp³-hybridized carbons (Fsp3) is 0.200. The summed E-state index contributed by atoms with van der Waals surface area (Å²) in [4.78, 5) is 16.9. The van der Waals surface area contributed by atoms with Crippen molar-refractivity contribution in [3.05, 3.63) is 65.9 Å². The Morgan fingerprint density at radius 3 is 2.68 bits per heavy atom. The van der Waals surface area contributed by atoms with Crippen molar-refractivity contribution >= 4 is 44.0 Å². The Labute approximate surface area is 168 Å². The summed E-state index contributed by atoms with van der Waals surface area (Å²) in [6.07, 6.45) is 2.59. The van der Waals surface area contributed by atoms with E-state index in [0.29, 0.717) is 25.1 Å². The van der Waals surface area contributed by atoms with Crippen LogP contribution < -0.4 is 5.32 Å². The molecule has 8 heteroatoms. The Balaban J connectivity index is 1.62. The molecule has 0 aliphatic carbocycles. The Kier molecular flexibility index (Phi) is 5.05. The summed E-state index contributed by atoms with van der Waals surface area (Å²) in [5.41, 5.74) is 0.365. The lowest BCUT2D eigenvalue weighted by atomic mass is 10.1. The Bertz CT molecular complexity index is 1150. The highest BCUT2D eigenvalue weighted by atomic mass is 35.5. The van der Waals surface area contributed by atoms with Crippen molar-refractivity contribution in [1.82, 2.24) is 9.29 Å². The van der Waals surface area contributed by atoms with Gasteiger partial charge in [0.05, 0.1) is 10.6 Å². The summed E-state index contributed by atoms with van der Waals surface area (Å²) in [6.45, 7) is 0.300. The molecular formula is C20H18ClN3O3S. The molecule has 0 spiro atoms. The molecule has 2 aromatic carbocycles. The van der Waals surface area contributed by atoms with Crippen LogP contribution in [0.5, 0.6) is 0 Å². The normalized spacial score (nSPS) is 17.7. The Morgan fingerprint density at radius 1 is 1.11 bits per heavy atom. The van der Waals surface area contributed by atoms with Gasteiger partial charge in [-0.3, -0.25) is 4.79 Å². The number of amides is 1. The number of halogens is 1. The second kappa shape index (κ2) is 7.50. The van der Waals surface area contributed by atoms with Crippen molar-refractivity contribution in [3.63, 3.8) is 0 Å². The number of nitrogens with zero attached hydrogens (tertiary/aromatic N) is 2. The van der Waals surface area contributed by atoms with E-state index in [1.54, 1.807) is 30.3 Å². The van der Waals surface area contributed by atoms with E-state index in [-0.39, 0.29) is 10.0 Å². The predicted octanol–water partition coefficient (Wildman–Crippen LogP) is 3.68. The van der Waals surface area contributed by atoms with Gasteiger partial charge in [0.15, 0.2) is 5.15 Å². The Morgan fingerprint density at radius 2 is 1.89 bits per heavy atom. The third-order valence-electron chi connectivity index (χ3n) is 4.85. The summed E-state index contributed by atoms with van der Waals surface area (Å²) < 4.78 is 27.7. The molecule has 2 heterocycles. The maximum atomic E-state index is 13.2. The van der Waals surface area contributed by atoms with Crippen LogP contribution in [-0.2, 0) is 14.8 Å². The van der Waals surface area contributed by atoms with Crippen LogP contribution in [0.25, 0.3) is 10.8 Å². The molecule has 1 saturated heterocycles. The molecule has 0 saturated carbocycles. The topological polar surface area (TPSA) is 79.4 Å². The number of pyridine rings is 1. The maximum absolute atomic E-state index is 13.2. The zero-order valence-electron chi connectivity index (χ0n) is 14.9. The summed E-state index contributed by atoms with van der Waals surface area (Å²) >= 11 is 5.99. The predicted molar refractivity (Wildman–Crippen MR) is 109 cm³/mol. The van der Waals surface area contributed by atoms with Crippen LogP contribution in [-0.4, -0.2) is 36.2 Å². The molecule has 0 radical (unpaired) electrons. The van der Waals surface area contributed by atoms with Crippen LogP contribution in [0.4, 0.5) is 5.69 Å². The number of nitrogens with one attached hydrogen (secondary N) is 1. The van der Waals surface area contributed by atoms with Crippen LogP contribution >= 0.6 is 11.6 Å². The van der Waals surface area contributed by atoms with Crippen LogP contribution in [0.3, 0.4) is 0 Å². The van der Waals surface area contributed by atoms with E-state index >= 15 is 0 Å². The lowest BCUT2D eigenvalue weighted by molar-refractivity contribution is -0.119. The quantitative estimate of drug-likeness (QED) is 0.659. The molecule has 0 unspecified atom stereocenters. The first kappa shape index (κ1) is 18.9. The molecule has 6 nitrogen and oxygen atoms in total. The number of carbonyl (C=O) groups is 1. The minimum atomic E-state index is -3.80. The zero-order chi connectivity index (χ0) is 19.7. The molecule has 1 fully saturated rings. The minimum absolute atomic E-state index is 0.165. The van der Waals surface area contributed by atoms with Gasteiger partial charge < -0.3 is 5.32 Å².